The van der Waals surface area contributed by atoms with Crippen molar-refractivity contribution >= 4 is 46.5 Å². The Kier molecular flexibility index (Phi) is 15.0. The van der Waals surface area contributed by atoms with Crippen molar-refractivity contribution in [2.75, 3.05) is 13.1 Å². The number of likely N-dealkylation sites (tertiary alicyclic amines) is 1. The van der Waals surface area contributed by atoms with E-state index in [0.29, 0.717) is 25.7 Å². The number of carbonyl (C=O) groups is 6. The van der Waals surface area contributed by atoms with Crippen molar-refractivity contribution in [2.45, 2.75) is 82.6 Å². The molecule has 1 aliphatic rings. The Balaban J connectivity index is 1.38. The zero-order chi connectivity index (χ0) is 40.7. The maximum absolute atomic E-state index is 14.3. The minimum Gasteiger partial charge on any atom is -0.361 e. The number of nitrogens with one attached hydrogen (secondary N) is 6. The number of amides is 7. The highest BCUT2D eigenvalue weighted by atomic mass is 16.2. The molecule has 14 heteroatoms. The molecule has 57 heavy (non-hydrogen) atoms. The van der Waals surface area contributed by atoms with Gasteiger partial charge in [0.1, 0.15) is 24.2 Å². The van der Waals surface area contributed by atoms with E-state index in [4.69, 9.17) is 5.73 Å². The second-order valence-corrected chi connectivity index (χ2v) is 14.3. The first kappa shape index (κ1) is 41.7. The minimum atomic E-state index is -1.15. The number of fused-ring (bicyclic) bond motifs is 1. The largest absolute Gasteiger partial charge is 0.361 e. The molecule has 0 spiro atoms. The topological polar surface area (TPSA) is 208 Å². The molecule has 0 aliphatic carbocycles. The first-order chi connectivity index (χ1) is 27.5. The predicted molar refractivity (Wildman–Crippen MR) is 217 cm³/mol. The van der Waals surface area contributed by atoms with Gasteiger partial charge in [-0.05, 0) is 67.9 Å². The lowest BCUT2D eigenvalue weighted by molar-refractivity contribution is -0.145. The third-order valence-electron chi connectivity index (χ3n) is 10.1. The molecule has 0 unspecified atom stereocenters. The summed E-state index contributed by atoms with van der Waals surface area (Å²) < 4.78 is 0. The van der Waals surface area contributed by atoms with Crippen molar-refractivity contribution < 1.29 is 28.8 Å². The molecule has 0 radical (unpaired) electrons. The van der Waals surface area contributed by atoms with Crippen LogP contribution in [0.25, 0.3) is 10.9 Å². The molecule has 3 aromatic carbocycles. The molecule has 1 aliphatic heterocycles. The summed E-state index contributed by atoms with van der Waals surface area (Å²) in [4.78, 5) is 85.0. The maximum atomic E-state index is 14.3. The van der Waals surface area contributed by atoms with Gasteiger partial charge in [0.2, 0.25) is 29.5 Å². The SMILES string of the molecule is C=CC(=O)N[C@@H](Cc1ccccc1)C(=O)N1CCCC[C@H]1C(=O)N[C@@H](Cc1c[nH]c2ccccc12)C(=O)N[C@@H](CCCNC(N)=O)C(=O)NCc1ccc(C)cc1. The summed E-state index contributed by atoms with van der Waals surface area (Å²) in [5.74, 6) is -2.49. The van der Waals surface area contributed by atoms with Gasteiger partial charge in [0.25, 0.3) is 0 Å². The Bertz CT molecular complexity index is 2030. The number of benzene rings is 3. The number of piperidine rings is 1. The van der Waals surface area contributed by atoms with Crippen LogP contribution in [0, 0.1) is 6.92 Å². The number of aryl methyl sites for hydroxylation is 1. The number of urea groups is 1. The highest BCUT2D eigenvalue weighted by Crippen LogP contribution is 2.22. The smallest absolute Gasteiger partial charge is 0.312 e. The van der Waals surface area contributed by atoms with E-state index in [1.165, 1.54) is 4.90 Å². The lowest BCUT2D eigenvalue weighted by Gasteiger charge is -2.37. The number of primary amides is 1. The fourth-order valence-corrected chi connectivity index (χ4v) is 7.02. The van der Waals surface area contributed by atoms with E-state index in [0.717, 1.165) is 39.2 Å². The van der Waals surface area contributed by atoms with Gasteiger partial charge in [0.15, 0.2) is 0 Å². The summed E-state index contributed by atoms with van der Waals surface area (Å²) in [7, 11) is 0. The van der Waals surface area contributed by atoms with E-state index >= 15 is 0 Å². The van der Waals surface area contributed by atoms with Crippen LogP contribution in [0.4, 0.5) is 4.79 Å². The quantitative estimate of drug-likeness (QED) is 0.0597. The number of carbonyl (C=O) groups excluding carboxylic acids is 6. The van der Waals surface area contributed by atoms with Crippen LogP contribution in [0.2, 0.25) is 0 Å². The minimum absolute atomic E-state index is 0.0786. The first-order valence-corrected chi connectivity index (χ1v) is 19.3. The van der Waals surface area contributed by atoms with Crippen molar-refractivity contribution in [3.63, 3.8) is 0 Å². The van der Waals surface area contributed by atoms with Gasteiger partial charge in [-0.3, -0.25) is 24.0 Å². The van der Waals surface area contributed by atoms with Crippen LogP contribution in [0.5, 0.6) is 0 Å². The first-order valence-electron chi connectivity index (χ1n) is 19.3. The number of nitrogens with zero attached hydrogens (tertiary/aromatic N) is 1. The molecule has 8 N–H and O–H groups in total. The van der Waals surface area contributed by atoms with Crippen LogP contribution in [0.1, 0.15) is 54.4 Å². The number of aromatic nitrogens is 1. The van der Waals surface area contributed by atoms with E-state index in [2.05, 4.69) is 38.1 Å². The number of nitrogens with two attached hydrogens (primary N) is 1. The Morgan fingerprint density at radius 1 is 0.825 bits per heavy atom. The summed E-state index contributed by atoms with van der Waals surface area (Å²) >= 11 is 0. The van der Waals surface area contributed by atoms with Crippen molar-refractivity contribution in [2.24, 2.45) is 5.73 Å². The van der Waals surface area contributed by atoms with Crippen LogP contribution in [0.15, 0.2) is 97.7 Å². The molecule has 4 aromatic rings. The van der Waals surface area contributed by atoms with E-state index in [1.54, 1.807) is 6.20 Å². The molecule has 1 fully saturated rings. The molecular weight excluding hydrogens is 725 g/mol. The molecule has 7 amide bonds. The standard InChI is InChI=1S/C43H52N8O6/c1-3-38(52)48-36(24-29-12-5-4-6-13-29)42(56)51-23-10-9-17-37(51)41(55)50-35(25-31-27-46-33-15-8-7-14-32(31)33)40(54)49-34(16-11-22-45-43(44)57)39(53)47-26-30-20-18-28(2)19-21-30/h3-8,12-15,18-21,27,34-37,46H,1,9-11,16-17,22-26H2,2H3,(H,47,53)(H,48,52)(H,49,54)(H,50,55)(H3,44,45,57)/t34-,35-,36-,37-/m0/s1. The zero-order valence-electron chi connectivity index (χ0n) is 32.2. The van der Waals surface area contributed by atoms with Crippen LogP contribution in [-0.2, 0) is 43.4 Å². The van der Waals surface area contributed by atoms with Crippen LogP contribution in [-0.4, -0.2) is 82.7 Å². The molecule has 4 atom stereocenters. The molecule has 1 saturated heterocycles. The van der Waals surface area contributed by atoms with Crippen molar-refractivity contribution in [3.05, 3.63) is 120 Å². The summed E-state index contributed by atoms with van der Waals surface area (Å²) in [6.07, 6.45) is 5.35. The molecule has 2 heterocycles. The number of para-hydroxylation sites is 1. The van der Waals surface area contributed by atoms with E-state index in [-0.39, 0.29) is 38.9 Å². The molecule has 0 saturated carbocycles. The highest BCUT2D eigenvalue weighted by Gasteiger charge is 2.38. The van der Waals surface area contributed by atoms with Crippen LogP contribution in [0.3, 0.4) is 0 Å². The Hall–Kier alpha value is -6.44. The van der Waals surface area contributed by atoms with E-state index in [1.807, 2.05) is 85.8 Å². The Labute approximate surface area is 332 Å². The number of rotatable bonds is 18. The van der Waals surface area contributed by atoms with Gasteiger partial charge in [-0.25, -0.2) is 4.79 Å². The van der Waals surface area contributed by atoms with Gasteiger partial charge < -0.3 is 42.2 Å². The second kappa shape index (κ2) is 20.5. The highest BCUT2D eigenvalue weighted by molar-refractivity contribution is 5.97. The molecule has 5 rings (SSSR count). The van der Waals surface area contributed by atoms with Gasteiger partial charge in [0, 0.05) is 49.6 Å². The van der Waals surface area contributed by atoms with Crippen molar-refractivity contribution in [1.82, 2.24) is 36.5 Å². The summed E-state index contributed by atoms with van der Waals surface area (Å²) in [6.45, 7) is 6.20. The lowest BCUT2D eigenvalue weighted by Crippen LogP contribution is -2.61. The van der Waals surface area contributed by atoms with Crippen molar-refractivity contribution in [3.8, 4) is 0 Å². The third kappa shape index (κ3) is 12.0. The van der Waals surface area contributed by atoms with Gasteiger partial charge in [0.05, 0.1) is 0 Å². The average molecular weight is 777 g/mol. The fourth-order valence-electron chi connectivity index (χ4n) is 7.02. The van der Waals surface area contributed by atoms with Crippen LogP contribution >= 0.6 is 0 Å². The van der Waals surface area contributed by atoms with Gasteiger partial charge in [-0.1, -0.05) is 84.9 Å². The van der Waals surface area contributed by atoms with Gasteiger partial charge in [-0.15, -0.1) is 0 Å². The summed E-state index contributed by atoms with van der Waals surface area (Å²) in [5.41, 5.74) is 9.64. The number of hydrogen-bond acceptors (Lipinski definition) is 6. The lowest BCUT2D eigenvalue weighted by atomic mass is 9.97. The fraction of sp³-hybridized carbons (Fsp3) is 0.349. The molecule has 300 valence electrons. The molecular formula is C43H52N8O6. The van der Waals surface area contributed by atoms with Gasteiger partial charge >= 0.3 is 6.03 Å². The van der Waals surface area contributed by atoms with Crippen molar-refractivity contribution in [1.29, 1.82) is 0 Å². The van der Waals surface area contributed by atoms with E-state index in [9.17, 15) is 28.8 Å². The van der Waals surface area contributed by atoms with E-state index < -0.39 is 59.7 Å². The maximum Gasteiger partial charge on any atom is 0.312 e. The summed E-state index contributed by atoms with van der Waals surface area (Å²) in [5, 5.41) is 14.8. The normalized spacial score (nSPS) is 15.4. The zero-order valence-corrected chi connectivity index (χ0v) is 32.2. The monoisotopic (exact) mass is 776 g/mol. The third-order valence-corrected chi connectivity index (χ3v) is 10.1. The van der Waals surface area contributed by atoms with Gasteiger partial charge in [-0.2, -0.15) is 0 Å². The predicted octanol–water partition coefficient (Wildman–Crippen LogP) is 3.05. The Morgan fingerprint density at radius 2 is 1.56 bits per heavy atom. The average Bonchev–Trinajstić information content (AvgIpc) is 3.63. The summed E-state index contributed by atoms with van der Waals surface area (Å²) in [6, 6.07) is 19.8. The number of H-pyrrole nitrogens is 1. The Morgan fingerprint density at radius 3 is 2.30 bits per heavy atom. The number of hydrogen-bond donors (Lipinski definition) is 7. The molecule has 14 nitrogen and oxygen atoms in total. The second-order valence-electron chi connectivity index (χ2n) is 14.3. The molecule has 1 aromatic heterocycles. The molecule has 0 bridgehead atoms. The number of aromatic amines is 1. The van der Waals surface area contributed by atoms with Crippen LogP contribution < -0.4 is 32.3 Å².